The van der Waals surface area contributed by atoms with Gasteiger partial charge in [-0.2, -0.15) is 0 Å². The van der Waals surface area contributed by atoms with Crippen LogP contribution in [0.1, 0.15) is 30.6 Å². The SMILES string of the molecule is O=C(O)CN(CC1CC1)C1CC(NC(=O)Cc2ccc(Cl)s2)C1. The first-order valence-corrected chi connectivity index (χ1v) is 9.18. The number of carbonyl (C=O) groups excluding carboxylic acids is 1. The maximum absolute atomic E-state index is 12.0. The van der Waals surface area contributed by atoms with Crippen LogP contribution >= 0.6 is 22.9 Å². The molecule has 2 saturated carbocycles. The van der Waals surface area contributed by atoms with E-state index in [1.807, 2.05) is 6.07 Å². The number of carboxylic acids is 1. The van der Waals surface area contributed by atoms with E-state index in [1.54, 1.807) is 6.07 Å². The molecule has 1 aromatic rings. The molecule has 0 atom stereocenters. The van der Waals surface area contributed by atoms with Crippen molar-refractivity contribution >= 4 is 34.8 Å². The van der Waals surface area contributed by atoms with Gasteiger partial charge in [-0.1, -0.05) is 11.6 Å². The van der Waals surface area contributed by atoms with E-state index >= 15 is 0 Å². The topological polar surface area (TPSA) is 69.6 Å². The number of nitrogens with zero attached hydrogens (tertiary/aromatic N) is 1. The Morgan fingerprint density at radius 1 is 1.35 bits per heavy atom. The molecule has 2 aliphatic rings. The monoisotopic (exact) mass is 356 g/mol. The molecule has 3 rings (SSSR count). The van der Waals surface area contributed by atoms with E-state index in [4.69, 9.17) is 16.7 Å². The highest BCUT2D eigenvalue weighted by Gasteiger charge is 2.37. The summed E-state index contributed by atoms with van der Waals surface area (Å²) in [7, 11) is 0. The van der Waals surface area contributed by atoms with Gasteiger partial charge in [0.2, 0.25) is 5.91 Å². The summed E-state index contributed by atoms with van der Waals surface area (Å²) in [5.41, 5.74) is 0. The maximum atomic E-state index is 12.0. The molecule has 1 amide bonds. The molecule has 7 heteroatoms. The third kappa shape index (κ3) is 4.93. The fourth-order valence-electron chi connectivity index (χ4n) is 3.04. The van der Waals surface area contributed by atoms with Gasteiger partial charge < -0.3 is 10.4 Å². The number of hydrogen-bond donors (Lipinski definition) is 2. The molecular formula is C16H21ClN2O3S. The minimum absolute atomic E-state index is 0.0129. The molecule has 0 radical (unpaired) electrons. The molecule has 0 spiro atoms. The van der Waals surface area contributed by atoms with Crippen LogP contribution in [0.2, 0.25) is 4.34 Å². The van der Waals surface area contributed by atoms with Crippen LogP contribution < -0.4 is 5.32 Å². The predicted octanol–water partition coefficient (Wildman–Crippen LogP) is 2.39. The average molecular weight is 357 g/mol. The number of carbonyl (C=O) groups is 2. The maximum Gasteiger partial charge on any atom is 0.317 e. The molecule has 5 nitrogen and oxygen atoms in total. The molecule has 2 N–H and O–H groups in total. The van der Waals surface area contributed by atoms with Crippen molar-refractivity contribution in [2.45, 2.75) is 44.2 Å². The molecule has 126 valence electrons. The van der Waals surface area contributed by atoms with Gasteiger partial charge in [0.05, 0.1) is 17.3 Å². The number of thiophene rings is 1. The van der Waals surface area contributed by atoms with Gasteiger partial charge in [-0.15, -0.1) is 11.3 Å². The summed E-state index contributed by atoms with van der Waals surface area (Å²) in [6, 6.07) is 4.13. The Morgan fingerprint density at radius 2 is 2.09 bits per heavy atom. The van der Waals surface area contributed by atoms with E-state index < -0.39 is 5.97 Å². The number of hydrogen-bond acceptors (Lipinski definition) is 4. The minimum Gasteiger partial charge on any atom is -0.480 e. The predicted molar refractivity (Wildman–Crippen MR) is 89.9 cm³/mol. The standard InChI is InChI=1S/C16H21ClN2O3S/c17-14-4-3-13(23-14)7-15(20)18-11-5-12(6-11)19(9-16(21)22)8-10-1-2-10/h3-4,10-12H,1-2,5-9H2,(H,18,20)(H,21,22). The van der Waals surface area contributed by atoms with E-state index in [-0.39, 0.29) is 24.5 Å². The summed E-state index contributed by atoms with van der Waals surface area (Å²) in [4.78, 5) is 26.0. The van der Waals surface area contributed by atoms with Crippen molar-refractivity contribution in [2.75, 3.05) is 13.1 Å². The highest BCUT2D eigenvalue weighted by Crippen LogP contribution is 2.33. The lowest BCUT2D eigenvalue weighted by Gasteiger charge is -2.42. The molecule has 1 aromatic heterocycles. The highest BCUT2D eigenvalue weighted by atomic mass is 35.5. The van der Waals surface area contributed by atoms with Crippen molar-refractivity contribution in [3.05, 3.63) is 21.3 Å². The first-order chi connectivity index (χ1) is 11.0. The quantitative estimate of drug-likeness (QED) is 0.750. The van der Waals surface area contributed by atoms with Crippen molar-refractivity contribution in [3.63, 3.8) is 0 Å². The molecule has 2 aliphatic carbocycles. The molecule has 0 aromatic carbocycles. The Bertz CT molecular complexity index is 582. The van der Waals surface area contributed by atoms with E-state index in [1.165, 1.54) is 24.2 Å². The van der Waals surface area contributed by atoms with Crippen molar-refractivity contribution < 1.29 is 14.7 Å². The lowest BCUT2D eigenvalue weighted by Crippen LogP contribution is -2.55. The summed E-state index contributed by atoms with van der Waals surface area (Å²) in [6.45, 7) is 0.987. The summed E-state index contributed by atoms with van der Waals surface area (Å²) < 4.78 is 0.695. The second kappa shape index (κ2) is 7.20. The molecule has 1 heterocycles. The Morgan fingerprint density at radius 3 is 2.65 bits per heavy atom. The van der Waals surface area contributed by atoms with Gasteiger partial charge in [-0.25, -0.2) is 0 Å². The van der Waals surface area contributed by atoms with Crippen LogP contribution in [0, 0.1) is 5.92 Å². The number of rotatable bonds is 8. The van der Waals surface area contributed by atoms with Gasteiger partial charge in [0.1, 0.15) is 0 Å². The number of nitrogens with one attached hydrogen (secondary N) is 1. The average Bonchev–Trinajstić information content (AvgIpc) is 3.14. The van der Waals surface area contributed by atoms with Gasteiger partial charge in [0.25, 0.3) is 0 Å². The van der Waals surface area contributed by atoms with Crippen LogP contribution in [-0.4, -0.2) is 47.1 Å². The Balaban J connectivity index is 1.41. The third-order valence-corrected chi connectivity index (χ3v) is 5.72. The summed E-state index contributed by atoms with van der Waals surface area (Å²) in [5.74, 6) is -0.0850. The number of carboxylic acid groups (broad SMARTS) is 1. The normalized spacial score (nSPS) is 23.6. The van der Waals surface area contributed by atoms with E-state index in [0.717, 1.165) is 24.3 Å². The molecule has 0 unspecified atom stereocenters. The van der Waals surface area contributed by atoms with Crippen molar-refractivity contribution in [3.8, 4) is 0 Å². The lowest BCUT2D eigenvalue weighted by molar-refractivity contribution is -0.140. The second-order valence-corrected chi connectivity index (χ2v) is 8.34. The number of aliphatic carboxylic acids is 1. The molecular weight excluding hydrogens is 336 g/mol. The largest absolute Gasteiger partial charge is 0.480 e. The fourth-order valence-corrected chi connectivity index (χ4v) is 4.12. The Kier molecular flexibility index (Phi) is 5.24. The van der Waals surface area contributed by atoms with Crippen LogP contribution in [-0.2, 0) is 16.0 Å². The van der Waals surface area contributed by atoms with Crippen LogP contribution in [0.5, 0.6) is 0 Å². The van der Waals surface area contributed by atoms with Crippen molar-refractivity contribution in [1.29, 1.82) is 0 Å². The van der Waals surface area contributed by atoms with Gasteiger partial charge >= 0.3 is 5.97 Å². The first kappa shape index (κ1) is 16.7. The van der Waals surface area contributed by atoms with E-state index in [0.29, 0.717) is 16.7 Å². The summed E-state index contributed by atoms with van der Waals surface area (Å²) in [6.07, 6.45) is 4.48. The van der Waals surface area contributed by atoms with Gasteiger partial charge in [-0.3, -0.25) is 14.5 Å². The zero-order chi connectivity index (χ0) is 16.4. The minimum atomic E-state index is -0.771. The Hall–Kier alpha value is -1.11. The molecule has 23 heavy (non-hydrogen) atoms. The molecule has 0 saturated heterocycles. The molecule has 0 aliphatic heterocycles. The first-order valence-electron chi connectivity index (χ1n) is 7.99. The fraction of sp³-hybridized carbons (Fsp3) is 0.625. The summed E-state index contributed by atoms with van der Waals surface area (Å²) >= 11 is 7.29. The van der Waals surface area contributed by atoms with E-state index in [2.05, 4.69) is 10.2 Å². The lowest BCUT2D eigenvalue weighted by atomic mass is 9.85. The molecule has 0 bridgehead atoms. The van der Waals surface area contributed by atoms with Gasteiger partial charge in [0.15, 0.2) is 0 Å². The number of halogens is 1. The van der Waals surface area contributed by atoms with Crippen molar-refractivity contribution in [2.24, 2.45) is 5.92 Å². The zero-order valence-electron chi connectivity index (χ0n) is 12.8. The second-order valence-electron chi connectivity index (χ2n) is 6.54. The van der Waals surface area contributed by atoms with Gasteiger partial charge in [0, 0.05) is 23.5 Å². The number of amides is 1. The smallest absolute Gasteiger partial charge is 0.317 e. The summed E-state index contributed by atoms with van der Waals surface area (Å²) in [5, 5.41) is 12.1. The van der Waals surface area contributed by atoms with Gasteiger partial charge in [-0.05, 0) is 43.7 Å². The zero-order valence-corrected chi connectivity index (χ0v) is 14.4. The highest BCUT2D eigenvalue weighted by molar-refractivity contribution is 7.16. The van der Waals surface area contributed by atoms with Crippen LogP contribution in [0.4, 0.5) is 0 Å². The Labute approximate surface area is 144 Å². The third-order valence-electron chi connectivity index (χ3n) is 4.49. The van der Waals surface area contributed by atoms with E-state index in [9.17, 15) is 9.59 Å². The van der Waals surface area contributed by atoms with Crippen LogP contribution in [0.25, 0.3) is 0 Å². The van der Waals surface area contributed by atoms with Crippen LogP contribution in [0.15, 0.2) is 12.1 Å². The van der Waals surface area contributed by atoms with Crippen molar-refractivity contribution in [1.82, 2.24) is 10.2 Å². The molecule has 2 fully saturated rings. The van der Waals surface area contributed by atoms with Crippen LogP contribution in [0.3, 0.4) is 0 Å².